The second-order valence-corrected chi connectivity index (χ2v) is 4.30. The second-order valence-electron chi connectivity index (χ2n) is 3.55. The zero-order chi connectivity index (χ0) is 11.0. The molecule has 0 aliphatic rings. The lowest BCUT2D eigenvalue weighted by Crippen LogP contribution is -2.04. The van der Waals surface area contributed by atoms with Gasteiger partial charge in [-0.25, -0.2) is 4.39 Å². The lowest BCUT2D eigenvalue weighted by atomic mass is 9.98. The van der Waals surface area contributed by atoms with Crippen LogP contribution in [0.1, 0.15) is 30.9 Å². The van der Waals surface area contributed by atoms with Crippen molar-refractivity contribution >= 4 is 28.9 Å². The van der Waals surface area contributed by atoms with Crippen LogP contribution < -0.4 is 5.73 Å². The first-order chi connectivity index (χ1) is 6.37. The second kappa shape index (κ2) is 3.95. The minimum atomic E-state index is -0.457. The first-order valence-electron chi connectivity index (χ1n) is 4.30. The van der Waals surface area contributed by atoms with Crippen molar-refractivity contribution in [2.45, 2.75) is 26.7 Å². The Morgan fingerprint density at radius 1 is 1.21 bits per heavy atom. The van der Waals surface area contributed by atoms with E-state index in [1.165, 1.54) is 0 Å². The highest BCUT2D eigenvalue weighted by molar-refractivity contribution is 6.37. The topological polar surface area (TPSA) is 26.0 Å². The Labute approximate surface area is 93.0 Å². The van der Waals surface area contributed by atoms with Gasteiger partial charge in [0.05, 0.1) is 15.7 Å². The lowest BCUT2D eigenvalue weighted by Gasteiger charge is -2.15. The predicted octanol–water partition coefficient (Wildman–Crippen LogP) is 4.15. The smallest absolute Gasteiger partial charge is 0.147 e. The van der Waals surface area contributed by atoms with Crippen LogP contribution in [0.25, 0.3) is 0 Å². The third-order valence-corrected chi connectivity index (χ3v) is 3.13. The summed E-state index contributed by atoms with van der Waals surface area (Å²) in [6, 6.07) is 0. The van der Waals surface area contributed by atoms with Gasteiger partial charge in [-0.05, 0) is 18.4 Å². The highest BCUT2D eigenvalue weighted by Gasteiger charge is 2.20. The Bertz CT molecular complexity index is 346. The van der Waals surface area contributed by atoms with Crippen molar-refractivity contribution in [3.8, 4) is 0 Å². The fraction of sp³-hybridized carbons (Fsp3) is 0.400. The van der Waals surface area contributed by atoms with E-state index in [4.69, 9.17) is 28.9 Å². The molecule has 0 bridgehead atoms. The summed E-state index contributed by atoms with van der Waals surface area (Å²) >= 11 is 11.7. The molecule has 0 aromatic heterocycles. The number of anilines is 1. The zero-order valence-electron chi connectivity index (χ0n) is 8.29. The molecule has 1 aromatic rings. The van der Waals surface area contributed by atoms with Gasteiger partial charge in [0.2, 0.25) is 0 Å². The average molecular weight is 236 g/mol. The number of nitrogen functional groups attached to an aromatic ring is 1. The molecular formula is C10H12Cl2FN. The molecule has 1 aromatic carbocycles. The minimum Gasteiger partial charge on any atom is -0.397 e. The molecule has 1 nitrogen and oxygen atoms in total. The van der Waals surface area contributed by atoms with Crippen LogP contribution in [0.3, 0.4) is 0 Å². The number of halogens is 3. The van der Waals surface area contributed by atoms with Gasteiger partial charge in [0, 0.05) is 5.56 Å². The number of nitrogens with two attached hydrogens (primary N) is 1. The Morgan fingerprint density at radius 2 is 1.71 bits per heavy atom. The molecule has 14 heavy (non-hydrogen) atoms. The van der Waals surface area contributed by atoms with Gasteiger partial charge in [-0.15, -0.1) is 0 Å². The first kappa shape index (κ1) is 11.6. The van der Waals surface area contributed by atoms with E-state index in [0.717, 1.165) is 0 Å². The summed E-state index contributed by atoms with van der Waals surface area (Å²) in [4.78, 5) is 0. The van der Waals surface area contributed by atoms with Crippen molar-refractivity contribution < 1.29 is 4.39 Å². The van der Waals surface area contributed by atoms with Gasteiger partial charge in [-0.2, -0.15) is 0 Å². The van der Waals surface area contributed by atoms with Crippen LogP contribution in [0, 0.1) is 12.7 Å². The highest BCUT2D eigenvalue weighted by atomic mass is 35.5. The molecule has 0 heterocycles. The van der Waals surface area contributed by atoms with E-state index in [2.05, 4.69) is 0 Å². The van der Waals surface area contributed by atoms with Crippen molar-refractivity contribution in [3.63, 3.8) is 0 Å². The molecular weight excluding hydrogens is 224 g/mol. The van der Waals surface area contributed by atoms with E-state index >= 15 is 0 Å². The van der Waals surface area contributed by atoms with Crippen molar-refractivity contribution in [1.82, 2.24) is 0 Å². The molecule has 0 atom stereocenters. The fourth-order valence-electron chi connectivity index (χ4n) is 1.38. The van der Waals surface area contributed by atoms with Crippen LogP contribution >= 0.6 is 23.2 Å². The van der Waals surface area contributed by atoms with Crippen LogP contribution in [0.4, 0.5) is 10.1 Å². The van der Waals surface area contributed by atoms with Crippen LogP contribution in [0.2, 0.25) is 10.0 Å². The van der Waals surface area contributed by atoms with Crippen molar-refractivity contribution in [3.05, 3.63) is 27.0 Å². The van der Waals surface area contributed by atoms with E-state index < -0.39 is 5.82 Å². The van der Waals surface area contributed by atoms with E-state index in [9.17, 15) is 4.39 Å². The van der Waals surface area contributed by atoms with E-state index in [1.807, 2.05) is 13.8 Å². The van der Waals surface area contributed by atoms with Gasteiger partial charge in [0.15, 0.2) is 0 Å². The molecule has 78 valence electrons. The molecule has 0 unspecified atom stereocenters. The molecule has 0 amide bonds. The molecule has 0 fully saturated rings. The molecule has 0 aliphatic heterocycles. The summed E-state index contributed by atoms with van der Waals surface area (Å²) in [5.74, 6) is -0.494. The number of rotatable bonds is 1. The Balaban J connectivity index is 3.60. The lowest BCUT2D eigenvalue weighted by molar-refractivity contribution is 0.599. The molecule has 2 N–H and O–H groups in total. The molecule has 0 spiro atoms. The summed E-state index contributed by atoms with van der Waals surface area (Å²) < 4.78 is 13.7. The summed E-state index contributed by atoms with van der Waals surface area (Å²) in [5, 5.41) is 0.410. The molecule has 4 heteroatoms. The summed E-state index contributed by atoms with van der Waals surface area (Å²) in [7, 11) is 0. The van der Waals surface area contributed by atoms with E-state index in [1.54, 1.807) is 6.92 Å². The van der Waals surface area contributed by atoms with Gasteiger partial charge < -0.3 is 5.73 Å². The first-order valence-corrected chi connectivity index (χ1v) is 5.05. The zero-order valence-corrected chi connectivity index (χ0v) is 9.80. The summed E-state index contributed by atoms with van der Waals surface area (Å²) in [6.07, 6.45) is 0. The highest BCUT2D eigenvalue weighted by Crippen LogP contribution is 2.38. The van der Waals surface area contributed by atoms with Crippen molar-refractivity contribution in [1.29, 1.82) is 0 Å². The SMILES string of the molecule is Cc1c(Cl)c(N)c(C(C)C)c(F)c1Cl. The third kappa shape index (κ3) is 1.69. The Morgan fingerprint density at radius 3 is 2.14 bits per heavy atom. The molecule has 1 rings (SSSR count). The van der Waals surface area contributed by atoms with Gasteiger partial charge in [0.25, 0.3) is 0 Å². The maximum absolute atomic E-state index is 13.7. The summed E-state index contributed by atoms with van der Waals surface area (Å²) in [6.45, 7) is 5.34. The number of hydrogen-bond acceptors (Lipinski definition) is 1. The normalized spacial score (nSPS) is 11.1. The Hall–Kier alpha value is -0.470. The van der Waals surface area contributed by atoms with Gasteiger partial charge in [-0.3, -0.25) is 0 Å². The van der Waals surface area contributed by atoms with Gasteiger partial charge in [-0.1, -0.05) is 37.0 Å². The largest absolute Gasteiger partial charge is 0.397 e. The standard InChI is InChI=1S/C10H12Cl2FN/c1-4(2)6-9(13)7(11)5(3)8(12)10(6)14/h4H,14H2,1-3H3. The van der Waals surface area contributed by atoms with Crippen LogP contribution in [0.5, 0.6) is 0 Å². The van der Waals surface area contributed by atoms with Gasteiger partial charge in [0.1, 0.15) is 5.82 Å². The van der Waals surface area contributed by atoms with Crippen molar-refractivity contribution in [2.24, 2.45) is 0 Å². The van der Waals surface area contributed by atoms with Crippen LogP contribution in [0.15, 0.2) is 0 Å². The maximum atomic E-state index is 13.7. The van der Waals surface area contributed by atoms with Crippen LogP contribution in [-0.2, 0) is 0 Å². The predicted molar refractivity (Wildman–Crippen MR) is 59.7 cm³/mol. The Kier molecular flexibility index (Phi) is 3.28. The molecule has 0 saturated carbocycles. The maximum Gasteiger partial charge on any atom is 0.147 e. The minimum absolute atomic E-state index is 0.0365. The van der Waals surface area contributed by atoms with Gasteiger partial charge >= 0.3 is 0 Å². The number of hydrogen-bond donors (Lipinski definition) is 1. The molecule has 0 saturated heterocycles. The monoisotopic (exact) mass is 235 g/mol. The van der Waals surface area contributed by atoms with E-state index in [-0.39, 0.29) is 10.9 Å². The number of benzene rings is 1. The molecule has 0 radical (unpaired) electrons. The third-order valence-electron chi connectivity index (χ3n) is 2.19. The van der Waals surface area contributed by atoms with Crippen LogP contribution in [-0.4, -0.2) is 0 Å². The van der Waals surface area contributed by atoms with E-state index in [0.29, 0.717) is 21.8 Å². The van der Waals surface area contributed by atoms with Crippen molar-refractivity contribution in [2.75, 3.05) is 5.73 Å². The summed E-state index contributed by atoms with van der Waals surface area (Å²) in [5.41, 5.74) is 6.90. The fourth-order valence-corrected chi connectivity index (χ4v) is 1.82. The quantitative estimate of drug-likeness (QED) is 0.575. The molecule has 0 aliphatic carbocycles. The average Bonchev–Trinajstić information content (AvgIpc) is 2.11.